The van der Waals surface area contributed by atoms with Crippen LogP contribution in [-0.2, 0) is 11.2 Å². The molecular weight excluding hydrogens is 376 g/mol. The third kappa shape index (κ3) is 6.49. The summed E-state index contributed by atoms with van der Waals surface area (Å²) in [6.45, 7) is 13.7. The van der Waals surface area contributed by atoms with Gasteiger partial charge >= 0.3 is 0 Å². The van der Waals surface area contributed by atoms with E-state index in [4.69, 9.17) is 9.72 Å². The lowest BCUT2D eigenvalue weighted by molar-refractivity contribution is 0.00745. The van der Waals surface area contributed by atoms with Gasteiger partial charge < -0.3 is 14.7 Å². The van der Waals surface area contributed by atoms with Crippen molar-refractivity contribution in [2.75, 3.05) is 50.8 Å². The second-order valence-corrected chi connectivity index (χ2v) is 8.69. The second-order valence-electron chi connectivity index (χ2n) is 8.69. The smallest absolute Gasteiger partial charge is 0.136 e. The summed E-state index contributed by atoms with van der Waals surface area (Å²) in [6.07, 6.45) is 0.404. The maximum Gasteiger partial charge on any atom is 0.136 e. The highest BCUT2D eigenvalue weighted by molar-refractivity contribution is 5.51. The minimum Gasteiger partial charge on any atom is -0.389 e. The van der Waals surface area contributed by atoms with Crippen molar-refractivity contribution in [3.05, 3.63) is 53.0 Å². The van der Waals surface area contributed by atoms with E-state index in [2.05, 4.69) is 59.8 Å². The number of aromatic nitrogens is 2. The van der Waals surface area contributed by atoms with Crippen LogP contribution in [0.1, 0.15) is 36.5 Å². The van der Waals surface area contributed by atoms with Crippen LogP contribution in [0.4, 0.5) is 5.82 Å². The normalized spacial score (nSPS) is 16.3. The minimum atomic E-state index is -0.438. The van der Waals surface area contributed by atoms with E-state index in [1.165, 1.54) is 11.1 Å². The Morgan fingerprint density at radius 1 is 1.00 bits per heavy atom. The van der Waals surface area contributed by atoms with Crippen molar-refractivity contribution in [1.29, 1.82) is 0 Å². The van der Waals surface area contributed by atoms with E-state index in [1.54, 1.807) is 0 Å². The highest BCUT2D eigenvalue weighted by atomic mass is 16.5. The number of hydrogen-bond donors (Lipinski definition) is 1. The monoisotopic (exact) mass is 412 g/mol. The SMILES string of the molecule is Cc1nc(C)c(Cc2ccccc2)c(N2CCN(CC(O)COCC(C)C)CC2)n1. The number of nitrogens with zero attached hydrogens (tertiary/aromatic N) is 4. The number of anilines is 1. The molecule has 0 amide bonds. The number of rotatable bonds is 9. The van der Waals surface area contributed by atoms with Crippen LogP contribution in [-0.4, -0.2) is 72.0 Å². The van der Waals surface area contributed by atoms with Gasteiger partial charge in [0.1, 0.15) is 11.6 Å². The van der Waals surface area contributed by atoms with E-state index in [9.17, 15) is 5.11 Å². The fraction of sp³-hybridized carbons (Fsp3) is 0.583. The van der Waals surface area contributed by atoms with Gasteiger partial charge in [-0.1, -0.05) is 44.2 Å². The molecule has 0 bridgehead atoms. The van der Waals surface area contributed by atoms with E-state index in [1.807, 2.05) is 13.0 Å². The van der Waals surface area contributed by atoms with Crippen molar-refractivity contribution < 1.29 is 9.84 Å². The van der Waals surface area contributed by atoms with E-state index >= 15 is 0 Å². The van der Waals surface area contributed by atoms with E-state index in [0.29, 0.717) is 25.7 Å². The fourth-order valence-electron chi connectivity index (χ4n) is 3.92. The van der Waals surface area contributed by atoms with Crippen LogP contribution in [0, 0.1) is 19.8 Å². The Bertz CT molecular complexity index is 789. The second kappa shape index (κ2) is 10.8. The van der Waals surface area contributed by atoms with E-state index in [-0.39, 0.29) is 0 Å². The number of β-amino-alcohol motifs (C(OH)–C–C–N with tert-alkyl or cyclic N) is 1. The Labute approximate surface area is 180 Å². The number of hydrogen-bond acceptors (Lipinski definition) is 6. The molecule has 6 heteroatoms. The maximum atomic E-state index is 10.3. The first-order valence-electron chi connectivity index (χ1n) is 11.0. The number of aliphatic hydroxyl groups is 1. The summed E-state index contributed by atoms with van der Waals surface area (Å²) in [5, 5.41) is 10.3. The summed E-state index contributed by atoms with van der Waals surface area (Å²) < 4.78 is 5.58. The summed E-state index contributed by atoms with van der Waals surface area (Å²) in [6, 6.07) is 10.5. The van der Waals surface area contributed by atoms with Crippen molar-refractivity contribution in [1.82, 2.24) is 14.9 Å². The lowest BCUT2D eigenvalue weighted by Gasteiger charge is -2.37. The molecule has 1 aromatic heterocycles. The number of aryl methyl sites for hydroxylation is 2. The Morgan fingerprint density at radius 2 is 1.70 bits per heavy atom. The average molecular weight is 413 g/mol. The van der Waals surface area contributed by atoms with E-state index < -0.39 is 6.10 Å². The molecule has 3 rings (SSSR count). The molecule has 1 aliphatic heterocycles. The first-order chi connectivity index (χ1) is 14.4. The zero-order valence-corrected chi connectivity index (χ0v) is 18.8. The van der Waals surface area contributed by atoms with Crippen molar-refractivity contribution >= 4 is 5.82 Å². The van der Waals surface area contributed by atoms with Crippen LogP contribution in [0.15, 0.2) is 30.3 Å². The molecule has 6 nitrogen and oxygen atoms in total. The molecule has 2 aromatic rings. The third-order valence-corrected chi connectivity index (χ3v) is 5.43. The molecule has 2 heterocycles. The van der Waals surface area contributed by atoms with Gasteiger partial charge in [-0.15, -0.1) is 0 Å². The number of ether oxygens (including phenoxy) is 1. The zero-order valence-electron chi connectivity index (χ0n) is 18.8. The summed E-state index contributed by atoms with van der Waals surface area (Å²) >= 11 is 0. The highest BCUT2D eigenvalue weighted by Crippen LogP contribution is 2.25. The number of benzene rings is 1. The molecule has 1 unspecified atom stereocenters. The largest absolute Gasteiger partial charge is 0.389 e. The number of piperazine rings is 1. The van der Waals surface area contributed by atoms with Gasteiger partial charge in [0.05, 0.1) is 12.7 Å². The van der Waals surface area contributed by atoms with Gasteiger partial charge in [-0.25, -0.2) is 9.97 Å². The average Bonchev–Trinajstić information content (AvgIpc) is 2.71. The van der Waals surface area contributed by atoms with Gasteiger partial charge in [0.15, 0.2) is 0 Å². The molecule has 1 fully saturated rings. The maximum absolute atomic E-state index is 10.3. The summed E-state index contributed by atoms with van der Waals surface area (Å²) in [5.74, 6) is 2.37. The standard InChI is InChI=1S/C24H36N4O2/c1-18(2)16-30-17-22(29)15-27-10-12-28(13-11-27)24-23(19(3)25-20(4)26-24)14-21-8-6-5-7-9-21/h5-9,18,22,29H,10-17H2,1-4H3. The molecule has 1 atom stereocenters. The fourth-order valence-corrected chi connectivity index (χ4v) is 3.92. The van der Waals surface area contributed by atoms with Crippen LogP contribution >= 0.6 is 0 Å². The Hall–Kier alpha value is -2.02. The Morgan fingerprint density at radius 3 is 2.37 bits per heavy atom. The van der Waals surface area contributed by atoms with Gasteiger partial charge in [-0.2, -0.15) is 0 Å². The predicted octanol–water partition coefficient (Wildman–Crippen LogP) is 2.84. The van der Waals surface area contributed by atoms with Gasteiger partial charge in [0.2, 0.25) is 0 Å². The molecule has 1 aliphatic rings. The van der Waals surface area contributed by atoms with Gasteiger partial charge in [-0.05, 0) is 25.3 Å². The Kier molecular flexibility index (Phi) is 8.19. The topological polar surface area (TPSA) is 61.7 Å². The van der Waals surface area contributed by atoms with Crippen LogP contribution in [0.3, 0.4) is 0 Å². The molecule has 164 valence electrons. The van der Waals surface area contributed by atoms with Crippen molar-refractivity contribution in [3.8, 4) is 0 Å². The first-order valence-corrected chi connectivity index (χ1v) is 11.0. The van der Waals surface area contributed by atoms with Crippen LogP contribution < -0.4 is 4.90 Å². The van der Waals surface area contributed by atoms with Crippen LogP contribution in [0.5, 0.6) is 0 Å². The molecular formula is C24H36N4O2. The lowest BCUT2D eigenvalue weighted by Crippen LogP contribution is -2.49. The zero-order chi connectivity index (χ0) is 21.5. The van der Waals surface area contributed by atoms with Crippen molar-refractivity contribution in [2.45, 2.75) is 40.2 Å². The molecule has 1 aromatic carbocycles. The molecule has 1 N–H and O–H groups in total. The van der Waals surface area contributed by atoms with E-state index in [0.717, 1.165) is 49.9 Å². The lowest BCUT2D eigenvalue weighted by atomic mass is 10.0. The molecule has 0 spiro atoms. The molecule has 0 aliphatic carbocycles. The third-order valence-electron chi connectivity index (χ3n) is 5.43. The summed E-state index contributed by atoms with van der Waals surface area (Å²) in [5.41, 5.74) is 3.54. The van der Waals surface area contributed by atoms with Gasteiger partial charge in [-0.3, -0.25) is 4.90 Å². The first kappa shape index (κ1) is 22.7. The molecule has 0 radical (unpaired) electrons. The molecule has 1 saturated heterocycles. The van der Waals surface area contributed by atoms with Gasteiger partial charge in [0, 0.05) is 57.0 Å². The highest BCUT2D eigenvalue weighted by Gasteiger charge is 2.23. The minimum absolute atomic E-state index is 0.407. The quantitative estimate of drug-likeness (QED) is 0.683. The summed E-state index contributed by atoms with van der Waals surface area (Å²) in [4.78, 5) is 14.1. The van der Waals surface area contributed by atoms with Crippen molar-refractivity contribution in [3.63, 3.8) is 0 Å². The Balaban J connectivity index is 1.61. The summed E-state index contributed by atoms with van der Waals surface area (Å²) in [7, 11) is 0. The molecule has 0 saturated carbocycles. The number of aliphatic hydroxyl groups excluding tert-OH is 1. The van der Waals surface area contributed by atoms with Crippen molar-refractivity contribution in [2.24, 2.45) is 5.92 Å². The van der Waals surface area contributed by atoms with Crippen LogP contribution in [0.25, 0.3) is 0 Å². The van der Waals surface area contributed by atoms with Gasteiger partial charge in [0.25, 0.3) is 0 Å². The molecule has 30 heavy (non-hydrogen) atoms. The predicted molar refractivity (Wildman–Crippen MR) is 121 cm³/mol. The van der Waals surface area contributed by atoms with Crippen LogP contribution in [0.2, 0.25) is 0 Å².